The largest absolute Gasteiger partial charge is 0.292 e. The molecule has 0 aliphatic carbocycles. The molecule has 0 unspecified atom stereocenters. The third kappa shape index (κ3) is 4.18. The lowest BCUT2D eigenvalue weighted by Gasteiger charge is -2.27. The molecule has 0 spiro atoms. The fourth-order valence-corrected chi connectivity index (χ4v) is 2.40. The molecular weight excluding hydrogens is 256 g/mol. The normalized spacial score (nSPS) is 10.9. The zero-order valence-electron chi connectivity index (χ0n) is 13.0. The molecule has 0 aliphatic heterocycles. The van der Waals surface area contributed by atoms with E-state index in [1.165, 1.54) is 16.7 Å². The maximum absolute atomic E-state index is 8.96. The lowest BCUT2D eigenvalue weighted by molar-refractivity contribution is 0.203. The molecule has 2 aromatic rings. The number of hydrogen-bond donors (Lipinski definition) is 0. The Morgan fingerprint density at radius 1 is 1.05 bits per heavy atom. The lowest BCUT2D eigenvalue weighted by atomic mass is 10.0. The van der Waals surface area contributed by atoms with Gasteiger partial charge in [0.15, 0.2) is 0 Å². The lowest BCUT2D eigenvalue weighted by Crippen LogP contribution is -2.30. The van der Waals surface area contributed by atoms with Crippen LogP contribution in [-0.2, 0) is 13.1 Å². The van der Waals surface area contributed by atoms with Gasteiger partial charge in [0.25, 0.3) is 0 Å². The molecule has 108 valence electrons. The minimum Gasteiger partial charge on any atom is -0.292 e. The molecule has 21 heavy (non-hydrogen) atoms. The molecular formula is C19H22N2. The smallest absolute Gasteiger partial charge is 0.0991 e. The molecule has 2 aromatic carbocycles. The molecule has 0 N–H and O–H groups in total. The molecule has 0 bridgehead atoms. The summed E-state index contributed by atoms with van der Waals surface area (Å²) in [6.45, 7) is 8.38. The summed E-state index contributed by atoms with van der Waals surface area (Å²) in [5.74, 6) is 0. The second kappa shape index (κ2) is 7.06. The van der Waals surface area contributed by atoms with Crippen LogP contribution in [-0.4, -0.2) is 10.9 Å². The molecule has 0 fully saturated rings. The number of nitrogens with zero attached hydrogens (tertiary/aromatic N) is 2. The quantitative estimate of drug-likeness (QED) is 0.816. The van der Waals surface area contributed by atoms with Gasteiger partial charge in [-0.05, 0) is 49.6 Å². The van der Waals surface area contributed by atoms with Gasteiger partial charge in [-0.2, -0.15) is 5.26 Å². The summed E-state index contributed by atoms with van der Waals surface area (Å²) in [5.41, 5.74) is 4.54. The molecule has 0 aromatic heterocycles. The molecule has 2 nitrogen and oxygen atoms in total. The number of rotatable bonds is 5. The molecule has 0 aliphatic rings. The van der Waals surface area contributed by atoms with E-state index < -0.39 is 0 Å². The Morgan fingerprint density at radius 3 is 2.33 bits per heavy atom. The Bertz CT molecular complexity index is 624. The first-order valence-corrected chi connectivity index (χ1v) is 7.37. The maximum atomic E-state index is 8.96. The van der Waals surface area contributed by atoms with E-state index in [1.54, 1.807) is 0 Å². The van der Waals surface area contributed by atoms with Crippen molar-refractivity contribution in [3.8, 4) is 6.07 Å². The number of hydrogen-bond acceptors (Lipinski definition) is 2. The van der Waals surface area contributed by atoms with Crippen molar-refractivity contribution in [2.45, 2.75) is 39.9 Å². The van der Waals surface area contributed by atoms with Crippen LogP contribution in [0.25, 0.3) is 0 Å². The van der Waals surface area contributed by atoms with Gasteiger partial charge < -0.3 is 0 Å². The maximum Gasteiger partial charge on any atom is 0.0991 e. The van der Waals surface area contributed by atoms with Crippen LogP contribution in [0.15, 0.2) is 48.5 Å². The van der Waals surface area contributed by atoms with E-state index in [-0.39, 0.29) is 0 Å². The minimum absolute atomic E-state index is 0.472. The van der Waals surface area contributed by atoms with Crippen LogP contribution in [0.2, 0.25) is 0 Å². The Kier molecular flexibility index (Phi) is 5.14. The SMILES string of the molecule is Cc1cc(C#N)ccc1CN(Cc1ccccc1)C(C)C. The van der Waals surface area contributed by atoms with E-state index >= 15 is 0 Å². The summed E-state index contributed by atoms with van der Waals surface area (Å²) >= 11 is 0. The van der Waals surface area contributed by atoms with Gasteiger partial charge in [-0.15, -0.1) is 0 Å². The van der Waals surface area contributed by atoms with Gasteiger partial charge in [0.2, 0.25) is 0 Å². The van der Waals surface area contributed by atoms with Crippen molar-refractivity contribution in [2.75, 3.05) is 0 Å². The first-order valence-electron chi connectivity index (χ1n) is 7.37. The van der Waals surface area contributed by atoms with Crippen molar-refractivity contribution in [2.24, 2.45) is 0 Å². The monoisotopic (exact) mass is 278 g/mol. The van der Waals surface area contributed by atoms with E-state index in [9.17, 15) is 0 Å². The van der Waals surface area contributed by atoms with Crippen molar-refractivity contribution >= 4 is 0 Å². The average Bonchev–Trinajstić information content (AvgIpc) is 2.49. The summed E-state index contributed by atoms with van der Waals surface area (Å²) in [4.78, 5) is 2.45. The average molecular weight is 278 g/mol. The minimum atomic E-state index is 0.472. The predicted molar refractivity (Wildman–Crippen MR) is 86.7 cm³/mol. The molecule has 0 radical (unpaired) electrons. The van der Waals surface area contributed by atoms with Crippen molar-refractivity contribution < 1.29 is 0 Å². The van der Waals surface area contributed by atoms with Crippen LogP contribution in [0.3, 0.4) is 0 Å². The van der Waals surface area contributed by atoms with Gasteiger partial charge >= 0.3 is 0 Å². The Morgan fingerprint density at radius 2 is 1.76 bits per heavy atom. The molecule has 0 saturated carbocycles. The van der Waals surface area contributed by atoms with Crippen LogP contribution in [0.4, 0.5) is 0 Å². The number of aryl methyl sites for hydroxylation is 1. The van der Waals surface area contributed by atoms with E-state index in [1.807, 2.05) is 18.2 Å². The highest BCUT2D eigenvalue weighted by Crippen LogP contribution is 2.17. The van der Waals surface area contributed by atoms with E-state index in [2.05, 4.69) is 62.1 Å². The van der Waals surface area contributed by atoms with Gasteiger partial charge in [0.05, 0.1) is 11.6 Å². The van der Waals surface area contributed by atoms with E-state index in [4.69, 9.17) is 5.26 Å². The van der Waals surface area contributed by atoms with Crippen LogP contribution in [0.1, 0.15) is 36.1 Å². The summed E-state index contributed by atoms with van der Waals surface area (Å²) in [6.07, 6.45) is 0. The van der Waals surface area contributed by atoms with Gasteiger partial charge in [-0.3, -0.25) is 4.90 Å². The Labute approximate surface area is 127 Å². The first kappa shape index (κ1) is 15.3. The summed E-state index contributed by atoms with van der Waals surface area (Å²) < 4.78 is 0. The third-order valence-electron chi connectivity index (χ3n) is 3.80. The van der Waals surface area contributed by atoms with Gasteiger partial charge in [0, 0.05) is 19.1 Å². The summed E-state index contributed by atoms with van der Waals surface area (Å²) in [5, 5.41) is 8.96. The second-order valence-electron chi connectivity index (χ2n) is 5.74. The highest BCUT2D eigenvalue weighted by atomic mass is 15.1. The molecule has 0 atom stereocenters. The highest BCUT2D eigenvalue weighted by molar-refractivity contribution is 5.37. The third-order valence-corrected chi connectivity index (χ3v) is 3.80. The molecule has 2 heteroatoms. The zero-order valence-corrected chi connectivity index (χ0v) is 13.0. The first-order chi connectivity index (χ1) is 10.1. The standard InChI is InChI=1S/C19H22N2/c1-15(2)21(13-17-7-5-4-6-8-17)14-19-10-9-18(12-20)11-16(19)3/h4-11,15H,13-14H2,1-3H3. The van der Waals surface area contributed by atoms with Crippen LogP contribution >= 0.6 is 0 Å². The Balaban J connectivity index is 2.15. The van der Waals surface area contributed by atoms with Crippen molar-refractivity contribution in [1.29, 1.82) is 5.26 Å². The van der Waals surface area contributed by atoms with Crippen molar-refractivity contribution in [3.05, 3.63) is 70.8 Å². The predicted octanol–water partition coefficient (Wildman–Crippen LogP) is 4.28. The van der Waals surface area contributed by atoms with Crippen LogP contribution < -0.4 is 0 Å². The topological polar surface area (TPSA) is 27.0 Å². The summed E-state index contributed by atoms with van der Waals surface area (Å²) in [6, 6.07) is 19.2. The van der Waals surface area contributed by atoms with Crippen LogP contribution in [0, 0.1) is 18.3 Å². The van der Waals surface area contributed by atoms with Gasteiger partial charge in [-0.25, -0.2) is 0 Å². The van der Waals surface area contributed by atoms with Gasteiger partial charge in [0.1, 0.15) is 0 Å². The molecule has 0 saturated heterocycles. The second-order valence-corrected chi connectivity index (χ2v) is 5.74. The van der Waals surface area contributed by atoms with Gasteiger partial charge in [-0.1, -0.05) is 36.4 Å². The van der Waals surface area contributed by atoms with Crippen molar-refractivity contribution in [3.63, 3.8) is 0 Å². The van der Waals surface area contributed by atoms with E-state index in [0.717, 1.165) is 18.7 Å². The Hall–Kier alpha value is -2.11. The summed E-state index contributed by atoms with van der Waals surface area (Å²) in [7, 11) is 0. The molecule has 0 heterocycles. The number of benzene rings is 2. The number of nitriles is 1. The van der Waals surface area contributed by atoms with Crippen LogP contribution in [0.5, 0.6) is 0 Å². The van der Waals surface area contributed by atoms with Crippen molar-refractivity contribution in [1.82, 2.24) is 4.90 Å². The zero-order chi connectivity index (χ0) is 15.2. The molecule has 2 rings (SSSR count). The fraction of sp³-hybridized carbons (Fsp3) is 0.316. The van der Waals surface area contributed by atoms with E-state index in [0.29, 0.717) is 6.04 Å². The highest BCUT2D eigenvalue weighted by Gasteiger charge is 2.12. The fourth-order valence-electron chi connectivity index (χ4n) is 2.40. The molecule has 0 amide bonds.